The van der Waals surface area contributed by atoms with Crippen LogP contribution in [0.4, 0.5) is 0 Å². The third kappa shape index (κ3) is 3.59. The van der Waals surface area contributed by atoms with Gasteiger partial charge in [0, 0.05) is 18.9 Å². The lowest BCUT2D eigenvalue weighted by atomic mass is 10.2. The molecule has 1 aromatic heterocycles. The van der Waals surface area contributed by atoms with Crippen LogP contribution in [0.25, 0.3) is 0 Å². The number of hydrogen-bond donors (Lipinski definition) is 1. The van der Waals surface area contributed by atoms with Crippen molar-refractivity contribution in [3.05, 3.63) is 30.1 Å². The maximum absolute atomic E-state index is 5.34. The van der Waals surface area contributed by atoms with Crippen molar-refractivity contribution in [3.63, 3.8) is 0 Å². The molecular weight excluding hydrogens is 172 g/mol. The Morgan fingerprint density at radius 1 is 1.50 bits per heavy atom. The molecule has 0 aromatic carbocycles. The average molecular weight is 188 g/mol. The van der Waals surface area contributed by atoms with Crippen LogP contribution in [0.15, 0.2) is 24.5 Å². The third-order valence-electron chi connectivity index (χ3n) is 2.16. The van der Waals surface area contributed by atoms with Crippen LogP contribution in [0.5, 0.6) is 0 Å². The maximum atomic E-state index is 5.34. The molecular formula is C12H16N2. The standard InChI is InChI=1S/C12H16N2/c1-3-12(4-2)14-10-7-11-5-8-13-9-6-11/h1,5-6,8-9,12,14H,4,7,10H2,2H3. The van der Waals surface area contributed by atoms with E-state index in [0.717, 1.165) is 19.4 Å². The minimum absolute atomic E-state index is 0.205. The molecule has 0 aliphatic carbocycles. The molecule has 0 fully saturated rings. The highest BCUT2D eigenvalue weighted by Gasteiger charge is 1.99. The molecule has 1 N–H and O–H groups in total. The summed E-state index contributed by atoms with van der Waals surface area (Å²) >= 11 is 0. The van der Waals surface area contributed by atoms with Crippen molar-refractivity contribution in [1.29, 1.82) is 0 Å². The Morgan fingerprint density at radius 2 is 2.21 bits per heavy atom. The van der Waals surface area contributed by atoms with Crippen LogP contribution in [-0.4, -0.2) is 17.6 Å². The summed E-state index contributed by atoms with van der Waals surface area (Å²) in [6.07, 6.45) is 10.9. The second-order valence-electron chi connectivity index (χ2n) is 3.19. The van der Waals surface area contributed by atoms with E-state index < -0.39 is 0 Å². The van der Waals surface area contributed by atoms with Crippen molar-refractivity contribution in [1.82, 2.24) is 10.3 Å². The molecule has 1 rings (SSSR count). The van der Waals surface area contributed by atoms with Crippen molar-refractivity contribution >= 4 is 0 Å². The molecule has 0 saturated heterocycles. The summed E-state index contributed by atoms with van der Waals surface area (Å²) in [5.41, 5.74) is 1.29. The van der Waals surface area contributed by atoms with E-state index in [2.05, 4.69) is 23.1 Å². The van der Waals surface area contributed by atoms with Gasteiger partial charge in [0.25, 0.3) is 0 Å². The molecule has 0 aliphatic heterocycles. The van der Waals surface area contributed by atoms with Gasteiger partial charge in [0.05, 0.1) is 6.04 Å². The van der Waals surface area contributed by atoms with Gasteiger partial charge in [-0.25, -0.2) is 0 Å². The zero-order valence-corrected chi connectivity index (χ0v) is 8.53. The van der Waals surface area contributed by atoms with Crippen molar-refractivity contribution < 1.29 is 0 Å². The summed E-state index contributed by atoms with van der Waals surface area (Å²) in [4.78, 5) is 3.97. The van der Waals surface area contributed by atoms with E-state index in [-0.39, 0.29) is 6.04 Å². The molecule has 1 aromatic rings. The van der Waals surface area contributed by atoms with Crippen molar-refractivity contribution in [2.75, 3.05) is 6.54 Å². The molecule has 14 heavy (non-hydrogen) atoms. The molecule has 0 amide bonds. The predicted molar refractivity (Wildman–Crippen MR) is 58.9 cm³/mol. The Labute approximate surface area is 85.8 Å². The highest BCUT2D eigenvalue weighted by molar-refractivity contribution is 5.10. The predicted octanol–water partition coefficient (Wildman–Crippen LogP) is 1.63. The van der Waals surface area contributed by atoms with Crippen LogP contribution in [0.2, 0.25) is 0 Å². The zero-order valence-electron chi connectivity index (χ0n) is 8.53. The fraction of sp³-hybridized carbons (Fsp3) is 0.417. The quantitative estimate of drug-likeness (QED) is 0.710. The Balaban J connectivity index is 2.26. The van der Waals surface area contributed by atoms with Gasteiger partial charge in [0.15, 0.2) is 0 Å². The van der Waals surface area contributed by atoms with Crippen LogP contribution in [0.3, 0.4) is 0 Å². The molecule has 0 bridgehead atoms. The lowest BCUT2D eigenvalue weighted by Crippen LogP contribution is -2.28. The molecule has 0 saturated carbocycles. The number of rotatable bonds is 5. The van der Waals surface area contributed by atoms with Crippen LogP contribution in [0, 0.1) is 12.3 Å². The minimum atomic E-state index is 0.205. The lowest BCUT2D eigenvalue weighted by molar-refractivity contribution is 0.594. The number of hydrogen-bond acceptors (Lipinski definition) is 2. The smallest absolute Gasteiger partial charge is 0.0684 e. The van der Waals surface area contributed by atoms with Gasteiger partial charge in [-0.05, 0) is 30.5 Å². The van der Waals surface area contributed by atoms with E-state index in [1.54, 1.807) is 0 Å². The number of aromatic nitrogens is 1. The maximum Gasteiger partial charge on any atom is 0.0684 e. The molecule has 0 spiro atoms. The van der Waals surface area contributed by atoms with Gasteiger partial charge in [0.1, 0.15) is 0 Å². The van der Waals surface area contributed by atoms with Crippen molar-refractivity contribution in [2.24, 2.45) is 0 Å². The fourth-order valence-electron chi connectivity index (χ4n) is 1.26. The number of pyridine rings is 1. The summed E-state index contributed by atoms with van der Waals surface area (Å²) in [6.45, 7) is 3.01. The molecule has 2 heteroatoms. The summed E-state index contributed by atoms with van der Waals surface area (Å²) in [5, 5.41) is 3.31. The van der Waals surface area contributed by atoms with E-state index in [4.69, 9.17) is 6.42 Å². The third-order valence-corrected chi connectivity index (χ3v) is 2.16. The van der Waals surface area contributed by atoms with Crippen molar-refractivity contribution in [3.8, 4) is 12.3 Å². The average Bonchev–Trinajstić information content (AvgIpc) is 2.26. The fourth-order valence-corrected chi connectivity index (χ4v) is 1.26. The Kier molecular flexibility index (Phi) is 4.74. The SMILES string of the molecule is C#CC(CC)NCCc1ccncc1. The van der Waals surface area contributed by atoms with Gasteiger partial charge in [0.2, 0.25) is 0 Å². The molecule has 0 aliphatic rings. The first-order valence-corrected chi connectivity index (χ1v) is 4.95. The molecule has 1 unspecified atom stereocenters. The van der Waals surface area contributed by atoms with Gasteiger partial charge in [-0.1, -0.05) is 12.8 Å². The first-order valence-electron chi connectivity index (χ1n) is 4.95. The zero-order chi connectivity index (χ0) is 10.2. The van der Waals surface area contributed by atoms with E-state index in [0.29, 0.717) is 0 Å². The second-order valence-corrected chi connectivity index (χ2v) is 3.19. The van der Waals surface area contributed by atoms with Crippen LogP contribution in [-0.2, 0) is 6.42 Å². The van der Waals surface area contributed by atoms with Gasteiger partial charge >= 0.3 is 0 Å². The van der Waals surface area contributed by atoms with Crippen LogP contribution < -0.4 is 5.32 Å². The summed E-state index contributed by atoms with van der Waals surface area (Å²) in [6, 6.07) is 4.26. The van der Waals surface area contributed by atoms with Crippen LogP contribution in [0.1, 0.15) is 18.9 Å². The molecule has 1 heterocycles. The topological polar surface area (TPSA) is 24.9 Å². The van der Waals surface area contributed by atoms with E-state index in [1.165, 1.54) is 5.56 Å². The highest BCUT2D eigenvalue weighted by atomic mass is 14.9. The molecule has 1 atom stereocenters. The molecule has 74 valence electrons. The van der Waals surface area contributed by atoms with Gasteiger partial charge in [-0.2, -0.15) is 0 Å². The molecule has 0 radical (unpaired) electrons. The summed E-state index contributed by atoms with van der Waals surface area (Å²) < 4.78 is 0. The summed E-state index contributed by atoms with van der Waals surface area (Å²) in [5.74, 6) is 2.71. The normalized spacial score (nSPS) is 12.0. The largest absolute Gasteiger partial charge is 0.303 e. The van der Waals surface area contributed by atoms with Gasteiger partial charge < -0.3 is 5.32 Å². The van der Waals surface area contributed by atoms with E-state index in [9.17, 15) is 0 Å². The second kappa shape index (κ2) is 6.17. The van der Waals surface area contributed by atoms with E-state index >= 15 is 0 Å². The lowest BCUT2D eigenvalue weighted by Gasteiger charge is -2.09. The Hall–Kier alpha value is -1.33. The first-order chi connectivity index (χ1) is 6.86. The summed E-state index contributed by atoms with van der Waals surface area (Å²) in [7, 11) is 0. The van der Waals surface area contributed by atoms with Gasteiger partial charge in [-0.15, -0.1) is 6.42 Å². The van der Waals surface area contributed by atoms with E-state index in [1.807, 2.05) is 24.5 Å². The Bertz CT molecular complexity index is 287. The monoisotopic (exact) mass is 188 g/mol. The number of terminal acetylenes is 1. The minimum Gasteiger partial charge on any atom is -0.303 e. The van der Waals surface area contributed by atoms with Crippen LogP contribution >= 0.6 is 0 Å². The molecule has 2 nitrogen and oxygen atoms in total. The Morgan fingerprint density at radius 3 is 2.79 bits per heavy atom. The van der Waals surface area contributed by atoms with Crippen molar-refractivity contribution in [2.45, 2.75) is 25.8 Å². The number of nitrogens with zero attached hydrogens (tertiary/aromatic N) is 1. The highest BCUT2D eigenvalue weighted by Crippen LogP contribution is 1.97. The first kappa shape index (κ1) is 10.7. The van der Waals surface area contributed by atoms with Gasteiger partial charge in [-0.3, -0.25) is 4.98 Å². The number of nitrogens with one attached hydrogen (secondary N) is 1.